The lowest BCUT2D eigenvalue weighted by atomic mass is 9.96. The summed E-state index contributed by atoms with van der Waals surface area (Å²) in [7, 11) is -0.238. The molecule has 0 aliphatic carbocycles. The Balaban J connectivity index is 1.50. The van der Waals surface area contributed by atoms with Gasteiger partial charge in [-0.05, 0) is 59.7 Å². The van der Waals surface area contributed by atoms with Gasteiger partial charge < -0.3 is 25.0 Å². The van der Waals surface area contributed by atoms with Crippen molar-refractivity contribution in [3.63, 3.8) is 0 Å². The number of thiophene rings is 1. The molecule has 0 radical (unpaired) electrons. The first kappa shape index (κ1) is 27.2. The number of nitriles is 1. The molecule has 2 aromatic carbocycles. The minimum Gasteiger partial charge on any atom is -0.388 e. The predicted octanol–water partition coefficient (Wildman–Crippen LogP) is 2.29. The van der Waals surface area contributed by atoms with Crippen LogP contribution in [0.3, 0.4) is 0 Å². The van der Waals surface area contributed by atoms with Crippen LogP contribution in [0, 0.1) is 11.3 Å². The third-order valence-electron chi connectivity index (χ3n) is 6.35. The fourth-order valence-electron chi connectivity index (χ4n) is 4.12. The van der Waals surface area contributed by atoms with Crippen LogP contribution in [0.5, 0.6) is 0 Å². The largest absolute Gasteiger partial charge is 0.388 e. The Bertz CT molecular complexity index is 1460. The molecule has 11 heteroatoms. The number of hydrogen-bond acceptors (Lipinski definition) is 9. The molecule has 4 rings (SSSR count). The van der Waals surface area contributed by atoms with Gasteiger partial charge >= 0.3 is 0 Å². The van der Waals surface area contributed by atoms with Crippen LogP contribution >= 0.6 is 11.3 Å². The molecule has 0 spiro atoms. The summed E-state index contributed by atoms with van der Waals surface area (Å²) in [5.74, 6) is 0. The average molecular weight is 544 g/mol. The van der Waals surface area contributed by atoms with Crippen molar-refractivity contribution in [1.82, 2.24) is 4.72 Å². The van der Waals surface area contributed by atoms with E-state index < -0.39 is 45.4 Å². The van der Waals surface area contributed by atoms with Gasteiger partial charge in [0, 0.05) is 36.1 Å². The molecule has 3 aromatic rings. The molecule has 1 aliphatic rings. The Morgan fingerprint density at radius 1 is 1.08 bits per heavy atom. The van der Waals surface area contributed by atoms with Crippen molar-refractivity contribution < 1.29 is 28.5 Å². The number of nitrogens with zero attached hydrogens (tertiary/aromatic N) is 2. The molecule has 1 aromatic heterocycles. The molecule has 0 amide bonds. The molecule has 1 saturated heterocycles. The van der Waals surface area contributed by atoms with Gasteiger partial charge in [0.2, 0.25) is 0 Å². The molecule has 4 N–H and O–H groups in total. The maximum absolute atomic E-state index is 12.8. The van der Waals surface area contributed by atoms with E-state index in [9.17, 15) is 29.0 Å². The number of fused-ring (bicyclic) bond motifs is 1. The van der Waals surface area contributed by atoms with Crippen molar-refractivity contribution in [2.75, 3.05) is 25.5 Å². The second kappa shape index (κ2) is 10.9. The quantitative estimate of drug-likeness (QED) is 0.333. The van der Waals surface area contributed by atoms with E-state index in [0.29, 0.717) is 4.88 Å². The number of benzene rings is 2. The molecule has 2 heterocycles. The second-order valence-electron chi connectivity index (χ2n) is 9.17. The van der Waals surface area contributed by atoms with Crippen molar-refractivity contribution in [2.45, 2.75) is 37.4 Å². The average Bonchev–Trinajstić information content (AvgIpc) is 3.35. The number of hydrogen-bond donors (Lipinski definition) is 4. The normalized spacial score (nSPS) is 24.7. The lowest BCUT2D eigenvalue weighted by molar-refractivity contribution is -0.214. The lowest BCUT2D eigenvalue weighted by Crippen LogP contribution is -2.59. The van der Waals surface area contributed by atoms with E-state index >= 15 is 0 Å². The van der Waals surface area contributed by atoms with Crippen LogP contribution in [-0.2, 0) is 14.8 Å². The van der Waals surface area contributed by atoms with Gasteiger partial charge in [0.05, 0.1) is 6.10 Å². The number of rotatable bonds is 7. The van der Waals surface area contributed by atoms with Crippen LogP contribution in [0.1, 0.15) is 11.8 Å². The topological polar surface area (TPSA) is 143 Å². The fraction of sp³-hybridized carbons (Fsp3) is 0.346. The molecule has 196 valence electrons. The van der Waals surface area contributed by atoms with Crippen LogP contribution in [0.2, 0.25) is 0 Å². The highest BCUT2D eigenvalue weighted by atomic mass is 32.2. The summed E-state index contributed by atoms with van der Waals surface area (Å²) in [5, 5.41) is 41.6. The summed E-state index contributed by atoms with van der Waals surface area (Å²) in [6.07, 6.45) is -4.84. The Morgan fingerprint density at radius 2 is 1.78 bits per heavy atom. The Labute approximate surface area is 219 Å². The van der Waals surface area contributed by atoms with E-state index in [4.69, 9.17) is 4.74 Å². The number of nitrogens with one attached hydrogen (secondary N) is 1. The smallest absolute Gasteiger partial charge is 0.250 e. The molecule has 0 bridgehead atoms. The van der Waals surface area contributed by atoms with Crippen LogP contribution in [0.4, 0.5) is 5.69 Å². The van der Waals surface area contributed by atoms with Gasteiger partial charge in [-0.15, -0.1) is 11.3 Å². The third kappa shape index (κ3) is 5.86. The first-order chi connectivity index (χ1) is 17.5. The maximum Gasteiger partial charge on any atom is 0.250 e. The van der Waals surface area contributed by atoms with Crippen molar-refractivity contribution in [1.29, 1.82) is 5.26 Å². The summed E-state index contributed by atoms with van der Waals surface area (Å²) >= 11 is 1.36. The van der Waals surface area contributed by atoms with Crippen LogP contribution in [0.15, 0.2) is 53.4 Å². The van der Waals surface area contributed by atoms with Crippen LogP contribution < -0.4 is 9.62 Å². The minimum absolute atomic E-state index is 0.376. The number of aliphatic hydroxyl groups is 3. The molecule has 5 atom stereocenters. The summed E-state index contributed by atoms with van der Waals surface area (Å²) < 4.78 is 33.3. The first-order valence-corrected chi connectivity index (χ1v) is 13.9. The zero-order valence-corrected chi connectivity index (χ0v) is 22.2. The van der Waals surface area contributed by atoms with E-state index in [-0.39, 0.29) is 6.54 Å². The zero-order chi connectivity index (χ0) is 26.9. The fourth-order valence-corrected chi connectivity index (χ4v) is 6.09. The molecule has 0 saturated carbocycles. The van der Waals surface area contributed by atoms with E-state index in [1.165, 1.54) is 24.3 Å². The van der Waals surface area contributed by atoms with Crippen molar-refractivity contribution in [2.24, 2.45) is 0 Å². The Morgan fingerprint density at radius 3 is 2.49 bits per heavy atom. The third-order valence-corrected chi connectivity index (χ3v) is 8.77. The van der Waals surface area contributed by atoms with Crippen LogP contribution in [-0.4, -0.2) is 74.9 Å². The summed E-state index contributed by atoms with van der Waals surface area (Å²) in [4.78, 5) is 3.06. The van der Waals surface area contributed by atoms with Crippen LogP contribution in [0.25, 0.3) is 27.3 Å². The number of aliphatic hydroxyl groups excluding tert-OH is 3. The van der Waals surface area contributed by atoms with Gasteiger partial charge in [-0.1, -0.05) is 18.2 Å². The van der Waals surface area contributed by atoms with Gasteiger partial charge in [0.15, 0.2) is 4.91 Å². The van der Waals surface area contributed by atoms with Gasteiger partial charge in [0.1, 0.15) is 30.5 Å². The number of anilines is 1. The Hall–Kier alpha value is -2.82. The lowest BCUT2D eigenvalue weighted by Gasteiger charge is -2.39. The number of allylic oxidation sites excluding steroid dienone is 1. The molecule has 1 aliphatic heterocycles. The zero-order valence-electron chi connectivity index (χ0n) is 20.6. The van der Waals surface area contributed by atoms with E-state index in [2.05, 4.69) is 22.9 Å². The SMILES string of the molecule is CC1OC(CNS(=O)(=O)C(C#N)=Cc2ccc(-c3ccc4cc(N(C)C)ccc4c3)s2)C(O)C(O)C1O. The van der Waals surface area contributed by atoms with Gasteiger partial charge in [-0.3, -0.25) is 0 Å². The maximum atomic E-state index is 12.8. The molecule has 1 fully saturated rings. The molecule has 9 nitrogen and oxygen atoms in total. The van der Waals surface area contributed by atoms with Gasteiger partial charge in [-0.2, -0.15) is 5.26 Å². The van der Waals surface area contributed by atoms with E-state index in [1.54, 1.807) is 12.1 Å². The predicted molar refractivity (Wildman–Crippen MR) is 144 cm³/mol. The number of sulfonamides is 1. The highest BCUT2D eigenvalue weighted by Crippen LogP contribution is 2.33. The van der Waals surface area contributed by atoms with Crippen molar-refractivity contribution >= 4 is 43.9 Å². The first-order valence-electron chi connectivity index (χ1n) is 11.6. The summed E-state index contributed by atoms with van der Waals surface area (Å²) in [5.41, 5.74) is 2.09. The highest BCUT2D eigenvalue weighted by molar-refractivity contribution is 7.93. The number of ether oxygens (including phenoxy) is 1. The van der Waals surface area contributed by atoms with Gasteiger partial charge in [0.25, 0.3) is 10.0 Å². The standard InChI is InChI=1S/C26H29N3O6S2/c1-15-24(30)26(32)25(31)22(35-15)14-28-37(33,34)21(13-27)12-20-8-9-23(36-20)18-5-4-17-11-19(29(2)3)7-6-16(17)10-18/h4-12,15,22,24-26,28,30-32H,14H2,1-3H3. The monoisotopic (exact) mass is 543 g/mol. The van der Waals surface area contributed by atoms with Crippen molar-refractivity contribution in [3.05, 3.63) is 58.3 Å². The second-order valence-corrected chi connectivity index (χ2v) is 12.0. The van der Waals surface area contributed by atoms with Gasteiger partial charge in [-0.25, -0.2) is 13.1 Å². The van der Waals surface area contributed by atoms with E-state index in [1.807, 2.05) is 43.3 Å². The Kier molecular flexibility index (Phi) is 8.01. The summed E-state index contributed by atoms with van der Waals surface area (Å²) in [6.45, 7) is 1.13. The highest BCUT2D eigenvalue weighted by Gasteiger charge is 2.42. The van der Waals surface area contributed by atoms with E-state index in [0.717, 1.165) is 26.9 Å². The molecule has 37 heavy (non-hydrogen) atoms. The molecule has 5 unspecified atom stereocenters. The summed E-state index contributed by atoms with van der Waals surface area (Å²) in [6, 6.07) is 17.7. The van der Waals surface area contributed by atoms with Crippen molar-refractivity contribution in [3.8, 4) is 16.5 Å². The minimum atomic E-state index is -4.22. The molecular formula is C26H29N3O6S2. The molecular weight excluding hydrogens is 514 g/mol.